The fraction of sp³-hybridized carbons (Fsp3) is 0.412. The lowest BCUT2D eigenvalue weighted by Crippen LogP contribution is -2.25. The van der Waals surface area contributed by atoms with Crippen LogP contribution in [0.1, 0.15) is 39.3 Å². The molecule has 4 nitrogen and oxygen atoms in total. The summed E-state index contributed by atoms with van der Waals surface area (Å²) in [7, 11) is 0. The minimum absolute atomic E-state index is 0.0744. The lowest BCUT2D eigenvalue weighted by atomic mass is 10.1. The zero-order valence-electron chi connectivity index (χ0n) is 12.9. The SMILES string of the molecule is Cc1ccc(Cn2c(C)c(C(=O)NCC3CC3)sc2=O)cc1. The maximum absolute atomic E-state index is 12.2. The third-order valence-electron chi connectivity index (χ3n) is 4.06. The Hall–Kier alpha value is -1.88. The first-order valence-electron chi connectivity index (χ1n) is 7.58. The minimum Gasteiger partial charge on any atom is -0.351 e. The van der Waals surface area contributed by atoms with Gasteiger partial charge in [-0.25, -0.2) is 0 Å². The average molecular weight is 316 g/mol. The first-order valence-corrected chi connectivity index (χ1v) is 8.40. The standard InChI is InChI=1S/C17H20N2O2S/c1-11-3-5-14(6-4-11)10-19-12(2)15(22-17(19)21)16(20)18-9-13-7-8-13/h3-6,13H,7-10H2,1-2H3,(H,18,20). The third-order valence-corrected chi connectivity index (χ3v) is 5.14. The van der Waals surface area contributed by atoms with Crippen LogP contribution in [-0.4, -0.2) is 17.0 Å². The normalized spacial score (nSPS) is 14.1. The number of rotatable bonds is 5. The lowest BCUT2D eigenvalue weighted by molar-refractivity contribution is 0.0954. The van der Waals surface area contributed by atoms with Crippen molar-refractivity contribution < 1.29 is 4.79 Å². The Morgan fingerprint density at radius 2 is 1.95 bits per heavy atom. The highest BCUT2D eigenvalue weighted by molar-refractivity contribution is 7.11. The molecule has 5 heteroatoms. The average Bonchev–Trinajstić information content (AvgIpc) is 3.28. The molecule has 0 aliphatic heterocycles. The molecule has 1 aliphatic rings. The van der Waals surface area contributed by atoms with Gasteiger partial charge in [-0.1, -0.05) is 41.2 Å². The van der Waals surface area contributed by atoms with E-state index in [1.165, 1.54) is 18.4 Å². The zero-order chi connectivity index (χ0) is 15.7. The summed E-state index contributed by atoms with van der Waals surface area (Å²) in [6, 6.07) is 8.11. The second-order valence-corrected chi connectivity index (χ2v) is 6.97. The van der Waals surface area contributed by atoms with E-state index in [9.17, 15) is 9.59 Å². The van der Waals surface area contributed by atoms with E-state index in [4.69, 9.17) is 0 Å². The molecule has 1 amide bonds. The number of benzene rings is 1. The van der Waals surface area contributed by atoms with Crippen LogP contribution in [0.2, 0.25) is 0 Å². The minimum atomic E-state index is -0.117. The van der Waals surface area contributed by atoms with Crippen molar-refractivity contribution in [2.24, 2.45) is 5.92 Å². The molecule has 1 saturated carbocycles. The van der Waals surface area contributed by atoms with Crippen LogP contribution in [0.3, 0.4) is 0 Å². The van der Waals surface area contributed by atoms with Gasteiger partial charge in [-0.05, 0) is 38.2 Å². The van der Waals surface area contributed by atoms with E-state index in [0.717, 1.165) is 29.1 Å². The van der Waals surface area contributed by atoms with E-state index in [2.05, 4.69) is 5.32 Å². The molecule has 0 radical (unpaired) electrons. The summed E-state index contributed by atoms with van der Waals surface area (Å²) in [5, 5.41) is 2.93. The van der Waals surface area contributed by atoms with Crippen molar-refractivity contribution in [1.29, 1.82) is 0 Å². The molecule has 1 heterocycles. The molecular weight excluding hydrogens is 296 g/mol. The van der Waals surface area contributed by atoms with E-state index in [0.29, 0.717) is 17.3 Å². The number of aryl methyl sites for hydroxylation is 1. The van der Waals surface area contributed by atoms with E-state index < -0.39 is 0 Å². The number of aromatic nitrogens is 1. The molecule has 1 N–H and O–H groups in total. The van der Waals surface area contributed by atoms with Gasteiger partial charge in [0.05, 0.1) is 6.54 Å². The van der Waals surface area contributed by atoms with Crippen molar-refractivity contribution in [1.82, 2.24) is 9.88 Å². The Morgan fingerprint density at radius 3 is 2.59 bits per heavy atom. The van der Waals surface area contributed by atoms with Crippen LogP contribution in [-0.2, 0) is 6.54 Å². The van der Waals surface area contributed by atoms with Crippen molar-refractivity contribution >= 4 is 17.2 Å². The van der Waals surface area contributed by atoms with Crippen LogP contribution in [0.5, 0.6) is 0 Å². The van der Waals surface area contributed by atoms with E-state index in [-0.39, 0.29) is 10.8 Å². The van der Waals surface area contributed by atoms with E-state index in [1.807, 2.05) is 38.1 Å². The zero-order valence-corrected chi connectivity index (χ0v) is 13.7. The molecule has 2 aromatic rings. The maximum atomic E-state index is 12.2. The van der Waals surface area contributed by atoms with Crippen molar-refractivity contribution in [3.8, 4) is 0 Å². The molecule has 0 unspecified atom stereocenters. The van der Waals surface area contributed by atoms with Gasteiger partial charge in [0, 0.05) is 12.2 Å². The summed E-state index contributed by atoms with van der Waals surface area (Å²) >= 11 is 1.04. The summed E-state index contributed by atoms with van der Waals surface area (Å²) in [6.07, 6.45) is 2.40. The number of carbonyl (C=O) groups excluding carboxylic acids is 1. The van der Waals surface area contributed by atoms with Gasteiger partial charge in [0.1, 0.15) is 4.88 Å². The molecule has 1 aromatic heterocycles. The van der Waals surface area contributed by atoms with E-state index in [1.54, 1.807) is 4.57 Å². The number of amides is 1. The molecule has 0 saturated heterocycles. The van der Waals surface area contributed by atoms with Crippen molar-refractivity contribution in [3.63, 3.8) is 0 Å². The molecule has 0 atom stereocenters. The number of nitrogens with zero attached hydrogens (tertiary/aromatic N) is 1. The van der Waals surface area contributed by atoms with E-state index >= 15 is 0 Å². The van der Waals surface area contributed by atoms with Gasteiger partial charge >= 0.3 is 4.87 Å². The fourth-order valence-corrected chi connectivity index (χ4v) is 3.29. The Kier molecular flexibility index (Phi) is 4.16. The lowest BCUT2D eigenvalue weighted by Gasteiger charge is -2.07. The molecule has 22 heavy (non-hydrogen) atoms. The Bertz CT molecular complexity index is 739. The Morgan fingerprint density at radius 1 is 1.27 bits per heavy atom. The molecule has 3 rings (SSSR count). The number of nitrogens with one attached hydrogen (secondary N) is 1. The summed E-state index contributed by atoms with van der Waals surface area (Å²) in [4.78, 5) is 24.9. The molecule has 1 aromatic carbocycles. The number of thiazole rings is 1. The second kappa shape index (κ2) is 6.08. The summed E-state index contributed by atoms with van der Waals surface area (Å²) in [6.45, 7) is 5.12. The quantitative estimate of drug-likeness (QED) is 0.922. The predicted octanol–water partition coefficient (Wildman–Crippen LogP) is 2.71. The summed E-state index contributed by atoms with van der Waals surface area (Å²) in [5.74, 6) is 0.518. The highest BCUT2D eigenvalue weighted by Crippen LogP contribution is 2.27. The maximum Gasteiger partial charge on any atom is 0.308 e. The molecule has 0 bridgehead atoms. The van der Waals surface area contributed by atoms with Gasteiger partial charge in [0.25, 0.3) is 5.91 Å². The van der Waals surface area contributed by atoms with Gasteiger partial charge in [-0.3, -0.25) is 14.2 Å². The topological polar surface area (TPSA) is 51.1 Å². The van der Waals surface area contributed by atoms with Crippen molar-refractivity contribution in [3.05, 3.63) is 55.6 Å². The van der Waals surface area contributed by atoms with Crippen LogP contribution in [0.15, 0.2) is 29.1 Å². The first kappa shape index (κ1) is 15.0. The Balaban J connectivity index is 1.78. The number of carbonyl (C=O) groups is 1. The van der Waals surface area contributed by atoms with Gasteiger partial charge in [0.15, 0.2) is 0 Å². The van der Waals surface area contributed by atoms with Crippen LogP contribution < -0.4 is 10.2 Å². The largest absolute Gasteiger partial charge is 0.351 e. The highest BCUT2D eigenvalue weighted by Gasteiger charge is 2.23. The summed E-state index contributed by atoms with van der Waals surface area (Å²) in [5.41, 5.74) is 3.01. The molecule has 116 valence electrons. The molecule has 1 aliphatic carbocycles. The van der Waals surface area contributed by atoms with Crippen LogP contribution in [0.25, 0.3) is 0 Å². The van der Waals surface area contributed by atoms with Gasteiger partial charge in [-0.2, -0.15) is 0 Å². The third kappa shape index (κ3) is 3.30. The fourth-order valence-electron chi connectivity index (χ4n) is 2.38. The van der Waals surface area contributed by atoms with Crippen molar-refractivity contribution in [2.45, 2.75) is 33.2 Å². The van der Waals surface area contributed by atoms with Gasteiger partial charge < -0.3 is 5.32 Å². The second-order valence-electron chi connectivity index (χ2n) is 6.01. The first-order chi connectivity index (χ1) is 10.5. The van der Waals surface area contributed by atoms with Crippen molar-refractivity contribution in [2.75, 3.05) is 6.54 Å². The molecule has 1 fully saturated rings. The van der Waals surface area contributed by atoms with Gasteiger partial charge in [-0.15, -0.1) is 0 Å². The highest BCUT2D eigenvalue weighted by atomic mass is 32.1. The monoisotopic (exact) mass is 316 g/mol. The van der Waals surface area contributed by atoms with Gasteiger partial charge in [0.2, 0.25) is 0 Å². The van der Waals surface area contributed by atoms with Crippen LogP contribution >= 0.6 is 11.3 Å². The molecular formula is C17H20N2O2S. The number of hydrogen-bond donors (Lipinski definition) is 1. The summed E-state index contributed by atoms with van der Waals surface area (Å²) < 4.78 is 1.68. The van der Waals surface area contributed by atoms with Crippen LogP contribution in [0, 0.1) is 19.8 Å². The smallest absolute Gasteiger partial charge is 0.308 e. The Labute approximate surface area is 133 Å². The van der Waals surface area contributed by atoms with Crippen LogP contribution in [0.4, 0.5) is 0 Å². The number of hydrogen-bond acceptors (Lipinski definition) is 3. The molecule has 0 spiro atoms. The predicted molar refractivity (Wildman–Crippen MR) is 88.7 cm³/mol.